The predicted molar refractivity (Wildman–Crippen MR) is 145 cm³/mol. The standard InChI is InChI=1S/C33H39F7O2/c1-19-2-4-22(5-3-19)24-12-15-27(28(34)16-24)23-8-6-20(7-9-23)21-10-13-25(14-11-21)33(39,40)42-26-17-29(35)31(30(36)18-26)41-32(37)38/h12,15-23,25,32H,2-11,13-14H2,1H3. The summed E-state index contributed by atoms with van der Waals surface area (Å²) in [5.74, 6) is -4.40. The molecular formula is C33H39F7O2. The lowest BCUT2D eigenvalue weighted by atomic mass is 9.68. The van der Waals surface area contributed by atoms with Crippen LogP contribution in [0.1, 0.15) is 107 Å². The average Bonchev–Trinajstić information content (AvgIpc) is 2.95. The molecule has 3 fully saturated rings. The summed E-state index contributed by atoms with van der Waals surface area (Å²) in [6.07, 6.45) is 6.15. The molecule has 3 saturated carbocycles. The van der Waals surface area contributed by atoms with Gasteiger partial charge in [-0.2, -0.15) is 17.6 Å². The van der Waals surface area contributed by atoms with Gasteiger partial charge in [-0.1, -0.05) is 31.9 Å². The summed E-state index contributed by atoms with van der Waals surface area (Å²) in [5, 5.41) is 0. The van der Waals surface area contributed by atoms with E-state index in [0.717, 1.165) is 55.6 Å². The van der Waals surface area contributed by atoms with Gasteiger partial charge in [0.25, 0.3) is 0 Å². The van der Waals surface area contributed by atoms with Crippen LogP contribution in [-0.4, -0.2) is 12.7 Å². The van der Waals surface area contributed by atoms with Crippen molar-refractivity contribution in [2.75, 3.05) is 0 Å². The van der Waals surface area contributed by atoms with E-state index in [0.29, 0.717) is 42.7 Å². The van der Waals surface area contributed by atoms with E-state index in [1.54, 1.807) is 6.07 Å². The Kier molecular flexibility index (Phi) is 9.63. The predicted octanol–water partition coefficient (Wildman–Crippen LogP) is 10.8. The first-order valence-corrected chi connectivity index (χ1v) is 15.3. The zero-order chi connectivity index (χ0) is 30.0. The summed E-state index contributed by atoms with van der Waals surface area (Å²) in [4.78, 5) is 0. The summed E-state index contributed by atoms with van der Waals surface area (Å²) >= 11 is 0. The highest BCUT2D eigenvalue weighted by molar-refractivity contribution is 5.35. The molecule has 0 aromatic heterocycles. The van der Waals surface area contributed by atoms with Gasteiger partial charge < -0.3 is 9.47 Å². The normalized spacial score (nSPS) is 29.0. The second kappa shape index (κ2) is 13.0. The molecule has 0 bridgehead atoms. The van der Waals surface area contributed by atoms with Gasteiger partial charge in [-0.3, -0.25) is 0 Å². The molecule has 5 rings (SSSR count). The lowest BCUT2D eigenvalue weighted by Crippen LogP contribution is -2.38. The van der Waals surface area contributed by atoms with Crippen molar-refractivity contribution in [2.45, 2.75) is 109 Å². The van der Waals surface area contributed by atoms with E-state index in [4.69, 9.17) is 0 Å². The molecule has 0 unspecified atom stereocenters. The quantitative estimate of drug-likeness (QED) is 0.281. The maximum atomic E-state index is 15.2. The molecule has 42 heavy (non-hydrogen) atoms. The summed E-state index contributed by atoms with van der Waals surface area (Å²) in [7, 11) is 0. The highest BCUT2D eigenvalue weighted by atomic mass is 19.3. The van der Waals surface area contributed by atoms with E-state index < -0.39 is 41.8 Å². The van der Waals surface area contributed by atoms with Gasteiger partial charge in [0.2, 0.25) is 0 Å². The van der Waals surface area contributed by atoms with Gasteiger partial charge in [0.05, 0.1) is 5.92 Å². The smallest absolute Gasteiger partial charge is 0.400 e. The van der Waals surface area contributed by atoms with E-state index in [2.05, 4.69) is 22.5 Å². The first kappa shape index (κ1) is 31.0. The highest BCUT2D eigenvalue weighted by Gasteiger charge is 2.45. The molecule has 0 aliphatic heterocycles. The van der Waals surface area contributed by atoms with Crippen LogP contribution in [0.5, 0.6) is 11.5 Å². The SMILES string of the molecule is CC1CCC(c2ccc(C3CCC(C4CCC(C(F)(F)Oc5cc(F)c(OC(F)F)c(F)c5)CC4)CC3)c(F)c2)CC1. The van der Waals surface area contributed by atoms with Crippen molar-refractivity contribution < 1.29 is 40.2 Å². The molecule has 0 heterocycles. The number of benzene rings is 2. The Morgan fingerprint density at radius 2 is 1.24 bits per heavy atom. The van der Waals surface area contributed by atoms with Crippen molar-refractivity contribution in [3.8, 4) is 11.5 Å². The molecule has 2 aromatic rings. The molecule has 0 N–H and O–H groups in total. The lowest BCUT2D eigenvalue weighted by Gasteiger charge is -2.39. The van der Waals surface area contributed by atoms with Gasteiger partial charge in [-0.25, -0.2) is 13.2 Å². The molecule has 2 aromatic carbocycles. The van der Waals surface area contributed by atoms with Crippen LogP contribution in [0, 0.1) is 41.1 Å². The molecular weight excluding hydrogens is 561 g/mol. The first-order valence-electron chi connectivity index (χ1n) is 15.3. The van der Waals surface area contributed by atoms with Gasteiger partial charge in [0.1, 0.15) is 11.6 Å². The molecule has 3 aliphatic carbocycles. The number of halogens is 7. The zero-order valence-electron chi connectivity index (χ0n) is 23.9. The van der Waals surface area contributed by atoms with E-state index >= 15 is 4.39 Å². The number of hydrogen-bond acceptors (Lipinski definition) is 2. The fraction of sp³-hybridized carbons (Fsp3) is 0.636. The Hall–Kier alpha value is -2.45. The van der Waals surface area contributed by atoms with Crippen LogP contribution in [0.4, 0.5) is 30.7 Å². The second-order valence-corrected chi connectivity index (χ2v) is 12.7. The fourth-order valence-electron chi connectivity index (χ4n) is 7.59. The number of ether oxygens (including phenoxy) is 2. The Labute approximate surface area is 243 Å². The maximum Gasteiger partial charge on any atom is 0.400 e. The number of alkyl halides is 4. The van der Waals surface area contributed by atoms with Crippen LogP contribution in [0.3, 0.4) is 0 Å². The van der Waals surface area contributed by atoms with Crippen LogP contribution in [-0.2, 0) is 0 Å². The molecule has 0 saturated heterocycles. The molecule has 2 nitrogen and oxygen atoms in total. The van der Waals surface area contributed by atoms with E-state index in [1.807, 2.05) is 6.07 Å². The van der Waals surface area contributed by atoms with Crippen molar-refractivity contribution in [1.82, 2.24) is 0 Å². The van der Waals surface area contributed by atoms with Crippen LogP contribution in [0.15, 0.2) is 30.3 Å². The fourth-order valence-corrected chi connectivity index (χ4v) is 7.59. The first-order chi connectivity index (χ1) is 20.0. The summed E-state index contributed by atoms with van der Waals surface area (Å²) < 4.78 is 106. The largest absolute Gasteiger partial charge is 0.432 e. The minimum Gasteiger partial charge on any atom is -0.432 e. The Bertz CT molecular complexity index is 1170. The molecule has 0 radical (unpaired) electrons. The van der Waals surface area contributed by atoms with Crippen LogP contribution < -0.4 is 9.47 Å². The minimum absolute atomic E-state index is 0.103. The number of hydrogen-bond donors (Lipinski definition) is 0. The third kappa shape index (κ3) is 7.19. The maximum absolute atomic E-state index is 15.2. The van der Waals surface area contributed by atoms with E-state index in [9.17, 15) is 26.3 Å². The second-order valence-electron chi connectivity index (χ2n) is 12.7. The third-order valence-corrected chi connectivity index (χ3v) is 10.1. The number of rotatable bonds is 8. The van der Waals surface area contributed by atoms with Crippen molar-refractivity contribution in [1.29, 1.82) is 0 Å². The van der Waals surface area contributed by atoms with Gasteiger partial charge >= 0.3 is 12.7 Å². The van der Waals surface area contributed by atoms with Crippen molar-refractivity contribution >= 4 is 0 Å². The average molecular weight is 601 g/mol. The summed E-state index contributed by atoms with van der Waals surface area (Å²) in [6.45, 7) is -1.19. The summed E-state index contributed by atoms with van der Waals surface area (Å²) in [5.41, 5.74) is 1.91. The van der Waals surface area contributed by atoms with Gasteiger partial charge in [-0.15, -0.1) is 0 Å². The van der Waals surface area contributed by atoms with Gasteiger partial charge in [0.15, 0.2) is 17.4 Å². The van der Waals surface area contributed by atoms with E-state index in [-0.39, 0.29) is 24.6 Å². The van der Waals surface area contributed by atoms with Gasteiger partial charge in [0, 0.05) is 12.1 Å². The van der Waals surface area contributed by atoms with E-state index in [1.165, 1.54) is 12.8 Å². The molecule has 0 spiro atoms. The molecule has 9 heteroatoms. The van der Waals surface area contributed by atoms with Crippen LogP contribution in [0.25, 0.3) is 0 Å². The highest BCUT2D eigenvalue weighted by Crippen LogP contribution is 2.48. The zero-order valence-corrected chi connectivity index (χ0v) is 23.9. The third-order valence-electron chi connectivity index (χ3n) is 10.1. The van der Waals surface area contributed by atoms with Crippen LogP contribution >= 0.6 is 0 Å². The van der Waals surface area contributed by atoms with Gasteiger partial charge in [-0.05, 0) is 111 Å². The van der Waals surface area contributed by atoms with Crippen molar-refractivity contribution in [3.63, 3.8) is 0 Å². The van der Waals surface area contributed by atoms with Crippen LogP contribution in [0.2, 0.25) is 0 Å². The Morgan fingerprint density at radius 3 is 1.79 bits per heavy atom. The molecule has 0 amide bonds. The molecule has 3 aliphatic rings. The lowest BCUT2D eigenvalue weighted by molar-refractivity contribution is -0.224. The van der Waals surface area contributed by atoms with Crippen molar-refractivity contribution in [2.24, 2.45) is 23.7 Å². The molecule has 0 atom stereocenters. The van der Waals surface area contributed by atoms with Crippen molar-refractivity contribution in [3.05, 3.63) is 58.9 Å². The monoisotopic (exact) mass is 600 g/mol. The topological polar surface area (TPSA) is 18.5 Å². The Balaban J connectivity index is 1.11. The minimum atomic E-state index is -3.67. The molecule has 232 valence electrons. The summed E-state index contributed by atoms with van der Waals surface area (Å²) in [6, 6.07) is 6.69. The Morgan fingerprint density at radius 1 is 0.690 bits per heavy atom.